The molecule has 108 valence electrons. The van der Waals surface area contributed by atoms with Crippen LogP contribution in [0.25, 0.3) is 0 Å². The Morgan fingerprint density at radius 3 is 2.29 bits per heavy atom. The van der Waals surface area contributed by atoms with Crippen molar-refractivity contribution in [2.24, 2.45) is 0 Å². The van der Waals surface area contributed by atoms with Gasteiger partial charge in [0.25, 0.3) is 0 Å². The summed E-state index contributed by atoms with van der Waals surface area (Å²) < 4.78 is 5.22. The molecule has 0 saturated heterocycles. The average Bonchev–Trinajstić information content (AvgIpc) is 2.52. The van der Waals surface area contributed by atoms with E-state index in [1.54, 1.807) is 0 Å². The van der Waals surface area contributed by atoms with Crippen molar-refractivity contribution in [2.75, 3.05) is 30.9 Å². The highest BCUT2D eigenvalue weighted by atomic mass is 16.5. The lowest BCUT2D eigenvalue weighted by atomic mass is 10.2. The summed E-state index contributed by atoms with van der Waals surface area (Å²) in [6.45, 7) is 0.829. The van der Waals surface area contributed by atoms with Gasteiger partial charge in [0.1, 0.15) is 11.8 Å². The molecule has 0 saturated carbocycles. The second-order valence-corrected chi connectivity index (χ2v) is 4.89. The van der Waals surface area contributed by atoms with Crippen molar-refractivity contribution < 1.29 is 4.74 Å². The summed E-state index contributed by atoms with van der Waals surface area (Å²) in [4.78, 5) is 2.07. The van der Waals surface area contributed by atoms with E-state index in [4.69, 9.17) is 10.00 Å². The molecule has 0 heterocycles. The monoisotopic (exact) mass is 281 g/mol. The smallest absolute Gasteiger partial charge is 0.174 e. The lowest BCUT2D eigenvalue weighted by Gasteiger charge is -2.13. The average molecular weight is 281 g/mol. The molecule has 0 aromatic heterocycles. The third-order valence-electron chi connectivity index (χ3n) is 3.11. The molecule has 0 unspecified atom stereocenters. The zero-order chi connectivity index (χ0) is 15.1. The molecule has 4 heteroatoms. The van der Waals surface area contributed by atoms with E-state index in [0.29, 0.717) is 0 Å². The Morgan fingerprint density at radius 1 is 1.05 bits per heavy atom. The minimum absolute atomic E-state index is 0.0792. The normalized spacial score (nSPS) is 9.76. The van der Waals surface area contributed by atoms with Crippen molar-refractivity contribution >= 4 is 11.4 Å². The standard InChI is InChI=1S/C17H19N3O/c1-20(2)16-7-5-15(6-8-16)19-13-14-3-9-17(10-4-14)21-12-11-18/h3-10,19H,12-13H2,1-2H3. The fourth-order valence-electron chi connectivity index (χ4n) is 1.90. The van der Waals surface area contributed by atoms with Gasteiger partial charge in [-0.05, 0) is 42.0 Å². The van der Waals surface area contributed by atoms with Gasteiger partial charge in [-0.1, -0.05) is 12.1 Å². The first-order valence-electron chi connectivity index (χ1n) is 6.79. The molecular formula is C17H19N3O. The van der Waals surface area contributed by atoms with Crippen molar-refractivity contribution in [3.8, 4) is 11.8 Å². The molecular weight excluding hydrogens is 262 g/mol. The number of ether oxygens (including phenoxy) is 1. The van der Waals surface area contributed by atoms with Crippen LogP contribution in [0, 0.1) is 11.3 Å². The van der Waals surface area contributed by atoms with Crippen LogP contribution in [0.3, 0.4) is 0 Å². The molecule has 0 aliphatic carbocycles. The number of hydrogen-bond donors (Lipinski definition) is 1. The first-order valence-corrected chi connectivity index (χ1v) is 6.79. The second kappa shape index (κ2) is 7.20. The van der Waals surface area contributed by atoms with Crippen molar-refractivity contribution in [1.29, 1.82) is 5.26 Å². The van der Waals surface area contributed by atoms with Crippen LogP contribution < -0.4 is 15.0 Å². The zero-order valence-electron chi connectivity index (χ0n) is 12.3. The minimum atomic E-state index is 0.0792. The van der Waals surface area contributed by atoms with Crippen molar-refractivity contribution in [2.45, 2.75) is 6.54 Å². The summed E-state index contributed by atoms with van der Waals surface area (Å²) in [7, 11) is 4.05. The Morgan fingerprint density at radius 2 is 1.71 bits per heavy atom. The summed E-state index contributed by atoms with van der Waals surface area (Å²) in [5, 5.41) is 11.8. The molecule has 4 nitrogen and oxygen atoms in total. The van der Waals surface area contributed by atoms with Crippen LogP contribution in [0.4, 0.5) is 11.4 Å². The fourth-order valence-corrected chi connectivity index (χ4v) is 1.90. The van der Waals surface area contributed by atoms with E-state index in [1.165, 1.54) is 5.69 Å². The maximum atomic E-state index is 8.46. The number of nitrogens with one attached hydrogen (secondary N) is 1. The summed E-state index contributed by atoms with van der Waals surface area (Å²) in [6.07, 6.45) is 0. The molecule has 0 spiro atoms. The van der Waals surface area contributed by atoms with Crippen molar-refractivity contribution in [1.82, 2.24) is 0 Å². The number of hydrogen-bond acceptors (Lipinski definition) is 4. The Balaban J connectivity index is 1.89. The lowest BCUT2D eigenvalue weighted by Crippen LogP contribution is -2.08. The highest BCUT2D eigenvalue weighted by Gasteiger charge is 1.98. The zero-order valence-corrected chi connectivity index (χ0v) is 12.3. The topological polar surface area (TPSA) is 48.3 Å². The van der Waals surface area contributed by atoms with Crippen LogP contribution in [0.5, 0.6) is 5.75 Å². The Labute approximate surface area is 125 Å². The number of nitriles is 1. The molecule has 1 N–H and O–H groups in total. The highest BCUT2D eigenvalue weighted by molar-refractivity contribution is 5.54. The van der Waals surface area contributed by atoms with E-state index in [0.717, 1.165) is 23.5 Å². The molecule has 21 heavy (non-hydrogen) atoms. The molecule has 0 radical (unpaired) electrons. The van der Waals surface area contributed by atoms with Crippen LogP contribution in [-0.4, -0.2) is 20.7 Å². The second-order valence-electron chi connectivity index (χ2n) is 4.89. The SMILES string of the molecule is CN(C)c1ccc(NCc2ccc(OCC#N)cc2)cc1. The fraction of sp³-hybridized carbons (Fsp3) is 0.235. The number of nitrogens with zero attached hydrogens (tertiary/aromatic N) is 2. The molecule has 0 atom stereocenters. The first-order chi connectivity index (χ1) is 10.2. The van der Waals surface area contributed by atoms with Crippen molar-refractivity contribution in [3.63, 3.8) is 0 Å². The molecule has 2 rings (SSSR count). The minimum Gasteiger partial charge on any atom is -0.479 e. The summed E-state index contributed by atoms with van der Waals surface area (Å²) >= 11 is 0. The summed E-state index contributed by atoms with van der Waals surface area (Å²) in [5.41, 5.74) is 3.43. The van der Waals surface area contributed by atoms with Crippen LogP contribution in [-0.2, 0) is 6.54 Å². The maximum Gasteiger partial charge on any atom is 0.174 e. The molecule has 0 fully saturated rings. The third-order valence-corrected chi connectivity index (χ3v) is 3.11. The Hall–Kier alpha value is -2.67. The van der Waals surface area contributed by atoms with Gasteiger partial charge in [-0.25, -0.2) is 0 Å². The first kappa shape index (κ1) is 14.7. The van der Waals surface area contributed by atoms with Gasteiger partial charge < -0.3 is 15.0 Å². The lowest BCUT2D eigenvalue weighted by molar-refractivity contribution is 0.368. The van der Waals surface area contributed by atoms with E-state index in [2.05, 4.69) is 34.5 Å². The molecule has 0 amide bonds. The molecule has 0 bridgehead atoms. The molecule has 2 aromatic rings. The largest absolute Gasteiger partial charge is 0.479 e. The van der Waals surface area contributed by atoms with Gasteiger partial charge in [-0.2, -0.15) is 5.26 Å². The predicted octanol–water partition coefficient (Wildman–Crippen LogP) is 3.27. The van der Waals surface area contributed by atoms with Crippen LogP contribution in [0.15, 0.2) is 48.5 Å². The third kappa shape index (κ3) is 4.43. The molecule has 2 aromatic carbocycles. The van der Waals surface area contributed by atoms with Gasteiger partial charge in [0.2, 0.25) is 0 Å². The van der Waals surface area contributed by atoms with Gasteiger partial charge in [0.05, 0.1) is 0 Å². The highest BCUT2D eigenvalue weighted by Crippen LogP contribution is 2.17. The number of anilines is 2. The quantitative estimate of drug-likeness (QED) is 0.883. The van der Waals surface area contributed by atoms with E-state index >= 15 is 0 Å². The van der Waals surface area contributed by atoms with E-state index in [1.807, 2.05) is 44.4 Å². The van der Waals surface area contributed by atoms with Gasteiger partial charge in [-0.3, -0.25) is 0 Å². The van der Waals surface area contributed by atoms with Gasteiger partial charge >= 0.3 is 0 Å². The molecule has 0 aliphatic heterocycles. The van der Waals surface area contributed by atoms with E-state index in [-0.39, 0.29) is 6.61 Å². The van der Waals surface area contributed by atoms with Crippen molar-refractivity contribution in [3.05, 3.63) is 54.1 Å². The van der Waals surface area contributed by atoms with E-state index in [9.17, 15) is 0 Å². The summed E-state index contributed by atoms with van der Waals surface area (Å²) in [6, 6.07) is 18.0. The van der Waals surface area contributed by atoms with Crippen LogP contribution >= 0.6 is 0 Å². The number of rotatable bonds is 6. The molecule has 0 aliphatic rings. The Bertz CT molecular complexity index is 597. The summed E-state index contributed by atoms with van der Waals surface area (Å²) in [5.74, 6) is 0.718. The van der Waals surface area contributed by atoms with E-state index < -0.39 is 0 Å². The van der Waals surface area contributed by atoms with Crippen LogP contribution in [0.2, 0.25) is 0 Å². The Kier molecular flexibility index (Phi) is 5.05. The van der Waals surface area contributed by atoms with Crippen LogP contribution in [0.1, 0.15) is 5.56 Å². The number of benzene rings is 2. The maximum absolute atomic E-state index is 8.46. The predicted molar refractivity (Wildman–Crippen MR) is 85.6 cm³/mol. The van der Waals surface area contributed by atoms with Gasteiger partial charge in [0.15, 0.2) is 6.61 Å². The van der Waals surface area contributed by atoms with Gasteiger partial charge in [0, 0.05) is 32.0 Å². The van der Waals surface area contributed by atoms with Gasteiger partial charge in [-0.15, -0.1) is 0 Å².